The average molecular weight is 424 g/mol. The Hall–Kier alpha value is -1.93. The Bertz CT molecular complexity index is 1110. The molecule has 2 heterocycles. The van der Waals surface area contributed by atoms with Crippen LogP contribution in [0.5, 0.6) is 0 Å². The Labute approximate surface area is 166 Å². The van der Waals surface area contributed by atoms with E-state index < -0.39 is 10.0 Å². The van der Waals surface area contributed by atoms with Crippen molar-refractivity contribution in [3.63, 3.8) is 0 Å². The molecule has 3 aromatic rings. The molecule has 0 N–H and O–H groups in total. The zero-order valence-corrected chi connectivity index (χ0v) is 16.6. The summed E-state index contributed by atoms with van der Waals surface area (Å²) in [6.45, 7) is 2.31. The minimum absolute atomic E-state index is 0.139. The lowest BCUT2D eigenvalue weighted by Gasteiger charge is -2.36. The maximum atomic E-state index is 12.8. The smallest absolute Gasteiger partial charge is 0.243 e. The van der Waals surface area contributed by atoms with Crippen molar-refractivity contribution >= 4 is 33.2 Å². The van der Waals surface area contributed by atoms with Gasteiger partial charge in [0.1, 0.15) is 0 Å². The SMILES string of the molecule is Cc1ccc(Cl)cc1S(=O)(=O)N1CC(c2nc(-c3cccc(Cl)c3)no2)C1. The lowest BCUT2D eigenvalue weighted by Crippen LogP contribution is -2.48. The third kappa shape index (κ3) is 3.48. The largest absolute Gasteiger partial charge is 0.339 e. The fourth-order valence-corrected chi connectivity index (χ4v) is 5.14. The molecule has 0 radical (unpaired) electrons. The Morgan fingerprint density at radius 3 is 2.59 bits per heavy atom. The van der Waals surface area contributed by atoms with Crippen molar-refractivity contribution in [1.29, 1.82) is 0 Å². The van der Waals surface area contributed by atoms with Crippen molar-refractivity contribution in [1.82, 2.24) is 14.4 Å². The van der Waals surface area contributed by atoms with Gasteiger partial charge in [0.25, 0.3) is 0 Å². The van der Waals surface area contributed by atoms with E-state index in [0.29, 0.717) is 27.3 Å². The van der Waals surface area contributed by atoms with Crippen LogP contribution in [0.4, 0.5) is 0 Å². The number of halogens is 2. The van der Waals surface area contributed by atoms with Crippen molar-refractivity contribution in [2.75, 3.05) is 13.1 Å². The van der Waals surface area contributed by atoms with E-state index in [1.807, 2.05) is 6.07 Å². The molecular formula is C18H15Cl2N3O3S. The highest BCUT2D eigenvalue weighted by Gasteiger charge is 2.41. The molecular weight excluding hydrogens is 409 g/mol. The molecule has 1 saturated heterocycles. The first-order valence-corrected chi connectivity index (χ1v) is 10.4. The number of hydrogen-bond donors (Lipinski definition) is 0. The first-order valence-electron chi connectivity index (χ1n) is 8.20. The molecule has 1 aromatic heterocycles. The number of aromatic nitrogens is 2. The summed E-state index contributed by atoms with van der Waals surface area (Å²) in [5, 5.41) is 4.94. The Balaban J connectivity index is 1.51. The summed E-state index contributed by atoms with van der Waals surface area (Å²) in [5.41, 5.74) is 1.40. The van der Waals surface area contributed by atoms with Gasteiger partial charge in [0.15, 0.2) is 0 Å². The van der Waals surface area contributed by atoms with Gasteiger partial charge in [0.2, 0.25) is 21.7 Å². The summed E-state index contributed by atoms with van der Waals surface area (Å²) in [5.74, 6) is 0.707. The second kappa shape index (κ2) is 6.91. The van der Waals surface area contributed by atoms with Crippen LogP contribution in [0.15, 0.2) is 51.9 Å². The number of sulfonamides is 1. The van der Waals surface area contributed by atoms with Crippen molar-refractivity contribution < 1.29 is 12.9 Å². The second-order valence-electron chi connectivity index (χ2n) is 6.40. The van der Waals surface area contributed by atoms with Gasteiger partial charge in [-0.15, -0.1) is 0 Å². The zero-order valence-electron chi connectivity index (χ0n) is 14.3. The van der Waals surface area contributed by atoms with Gasteiger partial charge in [-0.1, -0.05) is 46.6 Å². The maximum Gasteiger partial charge on any atom is 0.243 e. The quantitative estimate of drug-likeness (QED) is 0.629. The Kier molecular flexibility index (Phi) is 4.71. The molecule has 0 amide bonds. The molecule has 0 atom stereocenters. The molecule has 9 heteroatoms. The van der Waals surface area contributed by atoms with Gasteiger partial charge in [-0.25, -0.2) is 8.42 Å². The van der Waals surface area contributed by atoms with Gasteiger partial charge in [-0.05, 0) is 36.8 Å². The number of rotatable bonds is 4. The summed E-state index contributed by atoms with van der Waals surface area (Å²) in [6, 6.07) is 12.0. The molecule has 140 valence electrons. The first kappa shape index (κ1) is 18.4. The molecule has 0 unspecified atom stereocenters. The standard InChI is InChI=1S/C18H15Cl2N3O3S/c1-11-5-6-15(20)8-16(11)27(24,25)23-9-13(10-23)18-21-17(22-26-18)12-3-2-4-14(19)7-12/h2-8,13H,9-10H2,1H3. The van der Waals surface area contributed by atoms with Crippen LogP contribution in [0.25, 0.3) is 11.4 Å². The maximum absolute atomic E-state index is 12.8. The molecule has 1 aliphatic heterocycles. The highest BCUT2D eigenvalue weighted by Crippen LogP contribution is 2.34. The summed E-state index contributed by atoms with van der Waals surface area (Å²) < 4.78 is 32.3. The average Bonchev–Trinajstić information content (AvgIpc) is 3.05. The van der Waals surface area contributed by atoms with Crippen LogP contribution in [0.3, 0.4) is 0 Å². The third-order valence-corrected chi connectivity index (χ3v) is 6.93. The molecule has 0 aliphatic carbocycles. The normalized spacial score (nSPS) is 15.7. The minimum Gasteiger partial charge on any atom is -0.339 e. The van der Waals surface area contributed by atoms with Gasteiger partial charge >= 0.3 is 0 Å². The highest BCUT2D eigenvalue weighted by atomic mass is 35.5. The van der Waals surface area contributed by atoms with E-state index in [1.54, 1.807) is 37.3 Å². The lowest BCUT2D eigenvalue weighted by molar-refractivity contribution is 0.216. The second-order valence-corrected chi connectivity index (χ2v) is 9.17. The van der Waals surface area contributed by atoms with Crippen LogP contribution >= 0.6 is 23.2 Å². The number of nitrogens with zero attached hydrogens (tertiary/aromatic N) is 3. The Morgan fingerprint density at radius 1 is 1.11 bits per heavy atom. The van der Waals surface area contributed by atoms with E-state index in [-0.39, 0.29) is 23.9 Å². The van der Waals surface area contributed by atoms with Gasteiger partial charge in [0.05, 0.1) is 10.8 Å². The molecule has 0 saturated carbocycles. The first-order chi connectivity index (χ1) is 12.8. The number of aryl methyl sites for hydroxylation is 1. The van der Waals surface area contributed by atoms with Crippen molar-refractivity contribution in [3.8, 4) is 11.4 Å². The van der Waals surface area contributed by atoms with E-state index in [0.717, 1.165) is 5.56 Å². The summed E-state index contributed by atoms with van der Waals surface area (Å²) >= 11 is 11.9. The van der Waals surface area contributed by atoms with Crippen LogP contribution in [0, 0.1) is 6.92 Å². The van der Waals surface area contributed by atoms with Gasteiger partial charge in [0, 0.05) is 28.7 Å². The van der Waals surface area contributed by atoms with Crippen LogP contribution < -0.4 is 0 Å². The van der Waals surface area contributed by atoms with Crippen molar-refractivity contribution in [2.24, 2.45) is 0 Å². The fourth-order valence-electron chi connectivity index (χ4n) is 2.93. The predicted molar refractivity (Wildman–Crippen MR) is 102 cm³/mol. The molecule has 1 fully saturated rings. The topological polar surface area (TPSA) is 76.3 Å². The summed E-state index contributed by atoms with van der Waals surface area (Å²) in [6.07, 6.45) is 0. The summed E-state index contributed by atoms with van der Waals surface area (Å²) in [7, 11) is -3.61. The van der Waals surface area contributed by atoms with Crippen molar-refractivity contribution in [3.05, 3.63) is 64.0 Å². The van der Waals surface area contributed by atoms with E-state index in [4.69, 9.17) is 27.7 Å². The molecule has 2 aromatic carbocycles. The lowest BCUT2D eigenvalue weighted by atomic mass is 10.0. The molecule has 6 nitrogen and oxygen atoms in total. The van der Waals surface area contributed by atoms with Crippen molar-refractivity contribution in [2.45, 2.75) is 17.7 Å². The van der Waals surface area contributed by atoms with Crippen LogP contribution in [-0.4, -0.2) is 36.0 Å². The molecule has 0 spiro atoms. The molecule has 1 aliphatic rings. The molecule has 4 rings (SSSR count). The predicted octanol–water partition coefficient (Wildman–Crippen LogP) is 4.14. The van der Waals surface area contributed by atoms with E-state index >= 15 is 0 Å². The monoisotopic (exact) mass is 423 g/mol. The van der Waals surface area contributed by atoms with Crippen LogP contribution in [0.2, 0.25) is 10.0 Å². The third-order valence-electron chi connectivity index (χ3n) is 4.49. The fraction of sp³-hybridized carbons (Fsp3) is 0.222. The van der Waals surface area contributed by atoms with E-state index in [9.17, 15) is 8.42 Å². The van der Waals surface area contributed by atoms with E-state index in [1.165, 1.54) is 10.4 Å². The minimum atomic E-state index is -3.61. The van der Waals surface area contributed by atoms with Gasteiger partial charge < -0.3 is 4.52 Å². The van der Waals surface area contributed by atoms with Gasteiger partial charge in [-0.2, -0.15) is 9.29 Å². The zero-order chi connectivity index (χ0) is 19.2. The van der Waals surface area contributed by atoms with Crippen LogP contribution in [0.1, 0.15) is 17.4 Å². The highest BCUT2D eigenvalue weighted by molar-refractivity contribution is 7.89. The molecule has 27 heavy (non-hydrogen) atoms. The number of benzene rings is 2. The molecule has 0 bridgehead atoms. The van der Waals surface area contributed by atoms with E-state index in [2.05, 4.69) is 10.1 Å². The summed E-state index contributed by atoms with van der Waals surface area (Å²) in [4.78, 5) is 4.61. The Morgan fingerprint density at radius 2 is 1.85 bits per heavy atom. The van der Waals surface area contributed by atoms with Crippen LogP contribution in [-0.2, 0) is 10.0 Å². The van der Waals surface area contributed by atoms with Gasteiger partial charge in [-0.3, -0.25) is 0 Å². The number of hydrogen-bond acceptors (Lipinski definition) is 5.